The summed E-state index contributed by atoms with van der Waals surface area (Å²) in [5.41, 5.74) is 0. The molecule has 0 radical (unpaired) electrons. The molecule has 0 rings (SSSR count). The van der Waals surface area contributed by atoms with Gasteiger partial charge in [0, 0.05) is 0 Å². The molecule has 150 valence electrons. The third-order valence-corrected chi connectivity index (χ3v) is 5.08. The van der Waals surface area contributed by atoms with Crippen molar-refractivity contribution in [2.75, 3.05) is 13.1 Å². The second-order valence-electron chi connectivity index (χ2n) is 7.57. The summed E-state index contributed by atoms with van der Waals surface area (Å²) in [4.78, 5) is 13.7. The molecule has 0 aromatic heterocycles. The van der Waals surface area contributed by atoms with E-state index in [2.05, 4.69) is 25.7 Å². The lowest BCUT2D eigenvalue weighted by atomic mass is 10.0. The molecule has 0 aliphatic heterocycles. The van der Waals surface area contributed by atoms with Crippen molar-refractivity contribution in [1.29, 1.82) is 0 Å². The highest BCUT2D eigenvalue weighted by Gasteiger charge is 2.23. The summed E-state index contributed by atoms with van der Waals surface area (Å²) in [5, 5.41) is 9.53. The van der Waals surface area contributed by atoms with Gasteiger partial charge >= 0.3 is 5.97 Å². The fourth-order valence-corrected chi connectivity index (χ4v) is 3.64. The van der Waals surface area contributed by atoms with E-state index >= 15 is 0 Å². The SMILES string of the molecule is CCCCCCCCCCCCCCC(C(=O)O)N(CCC)CCC. The topological polar surface area (TPSA) is 40.5 Å². The summed E-state index contributed by atoms with van der Waals surface area (Å²) in [6.07, 6.45) is 18.8. The van der Waals surface area contributed by atoms with Crippen LogP contribution in [0, 0.1) is 0 Å². The molecular formula is C22H45NO2. The highest BCUT2D eigenvalue weighted by atomic mass is 16.4. The molecule has 0 saturated heterocycles. The third kappa shape index (κ3) is 14.3. The number of hydrogen-bond acceptors (Lipinski definition) is 2. The van der Waals surface area contributed by atoms with E-state index in [0.717, 1.165) is 38.8 Å². The second-order valence-corrected chi connectivity index (χ2v) is 7.57. The lowest BCUT2D eigenvalue weighted by Crippen LogP contribution is -2.42. The Hall–Kier alpha value is -0.570. The highest BCUT2D eigenvalue weighted by molar-refractivity contribution is 5.73. The Morgan fingerprint density at radius 2 is 1.08 bits per heavy atom. The van der Waals surface area contributed by atoms with E-state index in [0.29, 0.717) is 0 Å². The number of nitrogens with zero attached hydrogens (tertiary/aromatic N) is 1. The molecule has 0 heterocycles. The van der Waals surface area contributed by atoms with Gasteiger partial charge in [-0.05, 0) is 32.4 Å². The van der Waals surface area contributed by atoms with Crippen molar-refractivity contribution in [2.45, 2.75) is 123 Å². The van der Waals surface area contributed by atoms with Gasteiger partial charge in [0.25, 0.3) is 0 Å². The van der Waals surface area contributed by atoms with Crippen LogP contribution in [-0.4, -0.2) is 35.1 Å². The van der Waals surface area contributed by atoms with Crippen molar-refractivity contribution < 1.29 is 9.90 Å². The Morgan fingerprint density at radius 1 is 0.680 bits per heavy atom. The van der Waals surface area contributed by atoms with Crippen LogP contribution in [0.4, 0.5) is 0 Å². The summed E-state index contributed by atoms with van der Waals surface area (Å²) < 4.78 is 0. The minimum atomic E-state index is -0.634. The Balaban J connectivity index is 3.67. The van der Waals surface area contributed by atoms with E-state index in [1.54, 1.807) is 0 Å². The van der Waals surface area contributed by atoms with Crippen LogP contribution in [0.2, 0.25) is 0 Å². The van der Waals surface area contributed by atoms with Gasteiger partial charge in [0.1, 0.15) is 6.04 Å². The van der Waals surface area contributed by atoms with Gasteiger partial charge in [-0.25, -0.2) is 0 Å². The second kappa shape index (κ2) is 18.2. The van der Waals surface area contributed by atoms with Gasteiger partial charge in [0.05, 0.1) is 0 Å². The lowest BCUT2D eigenvalue weighted by molar-refractivity contribution is -0.143. The fourth-order valence-electron chi connectivity index (χ4n) is 3.64. The number of hydrogen-bond donors (Lipinski definition) is 1. The maximum absolute atomic E-state index is 11.6. The molecule has 0 aromatic rings. The van der Waals surface area contributed by atoms with Crippen molar-refractivity contribution >= 4 is 5.97 Å². The van der Waals surface area contributed by atoms with Crippen LogP contribution in [0.25, 0.3) is 0 Å². The van der Waals surface area contributed by atoms with Crippen LogP contribution in [-0.2, 0) is 4.79 Å². The monoisotopic (exact) mass is 355 g/mol. The number of carbonyl (C=O) groups is 1. The third-order valence-electron chi connectivity index (χ3n) is 5.08. The normalized spacial score (nSPS) is 12.6. The molecular weight excluding hydrogens is 310 g/mol. The fraction of sp³-hybridized carbons (Fsp3) is 0.955. The minimum Gasteiger partial charge on any atom is -0.480 e. The number of rotatable bonds is 19. The summed E-state index contributed by atoms with van der Waals surface area (Å²) in [6.45, 7) is 8.34. The van der Waals surface area contributed by atoms with Crippen molar-refractivity contribution in [3.8, 4) is 0 Å². The average molecular weight is 356 g/mol. The molecule has 0 aliphatic carbocycles. The van der Waals surface area contributed by atoms with Gasteiger partial charge in [-0.3, -0.25) is 9.69 Å². The molecule has 0 amide bonds. The van der Waals surface area contributed by atoms with Crippen LogP contribution in [0.15, 0.2) is 0 Å². The predicted octanol–water partition coefficient (Wildman–Crippen LogP) is 6.65. The Bertz CT molecular complexity index is 288. The van der Waals surface area contributed by atoms with Gasteiger partial charge < -0.3 is 5.11 Å². The van der Waals surface area contributed by atoms with Crippen molar-refractivity contribution in [1.82, 2.24) is 4.90 Å². The van der Waals surface area contributed by atoms with Gasteiger partial charge in [0.2, 0.25) is 0 Å². The molecule has 0 bridgehead atoms. The van der Waals surface area contributed by atoms with Crippen LogP contribution >= 0.6 is 0 Å². The van der Waals surface area contributed by atoms with Crippen LogP contribution in [0.1, 0.15) is 117 Å². The van der Waals surface area contributed by atoms with E-state index in [1.165, 1.54) is 70.6 Å². The molecule has 25 heavy (non-hydrogen) atoms. The zero-order valence-corrected chi connectivity index (χ0v) is 17.4. The molecule has 3 heteroatoms. The first kappa shape index (κ1) is 24.4. The first-order valence-electron chi connectivity index (χ1n) is 11.1. The number of unbranched alkanes of at least 4 members (excludes halogenated alkanes) is 11. The first-order valence-corrected chi connectivity index (χ1v) is 11.1. The predicted molar refractivity (Wildman–Crippen MR) is 109 cm³/mol. The molecule has 0 saturated carbocycles. The molecule has 3 nitrogen and oxygen atoms in total. The van der Waals surface area contributed by atoms with E-state index < -0.39 is 5.97 Å². The lowest BCUT2D eigenvalue weighted by Gasteiger charge is -2.28. The Labute approximate surface area is 157 Å². The molecule has 0 fully saturated rings. The summed E-state index contributed by atoms with van der Waals surface area (Å²) >= 11 is 0. The van der Waals surface area contributed by atoms with Crippen molar-refractivity contribution in [3.05, 3.63) is 0 Å². The standard InChI is InChI=1S/C22H45NO2/c1-4-7-8-9-10-11-12-13-14-15-16-17-18-21(22(24)25)23(19-5-2)20-6-3/h21H,4-20H2,1-3H3,(H,24,25). The van der Waals surface area contributed by atoms with E-state index in [9.17, 15) is 9.90 Å². The molecule has 1 atom stereocenters. The maximum Gasteiger partial charge on any atom is 0.320 e. The summed E-state index contributed by atoms with van der Waals surface area (Å²) in [7, 11) is 0. The molecule has 0 aliphatic rings. The minimum absolute atomic E-state index is 0.275. The largest absolute Gasteiger partial charge is 0.480 e. The smallest absolute Gasteiger partial charge is 0.320 e. The van der Waals surface area contributed by atoms with Gasteiger partial charge in [0.15, 0.2) is 0 Å². The zero-order chi connectivity index (χ0) is 18.8. The molecule has 0 aromatic carbocycles. The highest BCUT2D eigenvalue weighted by Crippen LogP contribution is 2.15. The molecule has 1 unspecified atom stereocenters. The van der Waals surface area contributed by atoms with Crippen LogP contribution < -0.4 is 0 Å². The van der Waals surface area contributed by atoms with Crippen LogP contribution in [0.3, 0.4) is 0 Å². The van der Waals surface area contributed by atoms with E-state index in [-0.39, 0.29) is 6.04 Å². The number of aliphatic carboxylic acids is 1. The average Bonchev–Trinajstić information content (AvgIpc) is 2.59. The van der Waals surface area contributed by atoms with E-state index in [1.807, 2.05) is 0 Å². The zero-order valence-electron chi connectivity index (χ0n) is 17.4. The summed E-state index contributed by atoms with van der Waals surface area (Å²) in [6, 6.07) is -0.275. The molecule has 0 spiro atoms. The van der Waals surface area contributed by atoms with Gasteiger partial charge in [-0.15, -0.1) is 0 Å². The Kier molecular flexibility index (Phi) is 17.8. The maximum atomic E-state index is 11.6. The Morgan fingerprint density at radius 3 is 1.44 bits per heavy atom. The summed E-state index contributed by atoms with van der Waals surface area (Å²) in [5.74, 6) is -0.634. The quantitative estimate of drug-likeness (QED) is 0.264. The molecule has 1 N–H and O–H groups in total. The van der Waals surface area contributed by atoms with E-state index in [4.69, 9.17) is 0 Å². The van der Waals surface area contributed by atoms with Crippen LogP contribution in [0.5, 0.6) is 0 Å². The van der Waals surface area contributed by atoms with Gasteiger partial charge in [-0.1, -0.05) is 97.8 Å². The number of carboxylic acid groups (broad SMARTS) is 1. The van der Waals surface area contributed by atoms with Gasteiger partial charge in [-0.2, -0.15) is 0 Å². The number of carboxylic acids is 1. The van der Waals surface area contributed by atoms with Crippen molar-refractivity contribution in [2.24, 2.45) is 0 Å². The van der Waals surface area contributed by atoms with Crippen molar-refractivity contribution in [3.63, 3.8) is 0 Å². The first-order chi connectivity index (χ1) is 12.2.